The average Bonchev–Trinajstić information content (AvgIpc) is 3.38. The fraction of sp³-hybridized carbons (Fsp3) is 0.375. The van der Waals surface area contributed by atoms with E-state index in [-0.39, 0.29) is 23.6 Å². The first-order valence-corrected chi connectivity index (χ1v) is 10.5. The third kappa shape index (κ3) is 2.50. The number of hydrogen-bond donors (Lipinski definition) is 1. The number of fused-ring (bicyclic) bond motifs is 4. The molecule has 2 fully saturated rings. The minimum atomic E-state index is -0.950. The Hall–Kier alpha value is -2.99. The molecule has 0 saturated carbocycles. The first kappa shape index (κ1) is 19.0. The first-order chi connectivity index (χ1) is 14.4. The molecule has 1 N–H and O–H groups in total. The topological polar surface area (TPSA) is 69.7 Å². The Labute approximate surface area is 175 Å². The molecule has 2 saturated heterocycles. The Morgan fingerprint density at radius 3 is 2.73 bits per heavy atom. The molecule has 154 valence electrons. The summed E-state index contributed by atoms with van der Waals surface area (Å²) in [5, 5.41) is 3.00. The molecule has 2 amide bonds. The zero-order valence-electron chi connectivity index (χ0n) is 17.2. The lowest BCUT2D eigenvalue weighted by Crippen LogP contribution is -2.55. The van der Waals surface area contributed by atoms with Crippen LogP contribution in [0, 0.1) is 5.92 Å². The first-order valence-electron chi connectivity index (χ1n) is 10.5. The number of Topliss-reactive ketones (excluding diaryl/α,β-unsaturated/α-hetero) is 1. The van der Waals surface area contributed by atoms with Gasteiger partial charge in [0.15, 0.2) is 5.78 Å². The van der Waals surface area contributed by atoms with E-state index in [1.54, 1.807) is 36.2 Å². The Balaban J connectivity index is 1.56. The van der Waals surface area contributed by atoms with Crippen molar-refractivity contribution < 1.29 is 14.4 Å². The number of nitrogens with one attached hydrogen (secondary N) is 1. The number of likely N-dealkylation sites (N-methyl/N-ethyl adjacent to an activating group) is 1. The molecule has 1 spiro atoms. The number of anilines is 2. The smallest absolute Gasteiger partial charge is 0.252 e. The summed E-state index contributed by atoms with van der Waals surface area (Å²) in [7, 11) is 1.80. The highest BCUT2D eigenvalue weighted by Gasteiger charge is 2.66. The summed E-state index contributed by atoms with van der Waals surface area (Å²) >= 11 is 0. The molecule has 2 aromatic carbocycles. The number of hydrogen-bond acceptors (Lipinski definition) is 4. The Morgan fingerprint density at radius 2 is 1.93 bits per heavy atom. The van der Waals surface area contributed by atoms with Gasteiger partial charge in [0.2, 0.25) is 5.91 Å². The second-order valence-corrected chi connectivity index (χ2v) is 8.55. The SMILES string of the molecule is CC(=O)c1cccc(NC(=O)[C@@H]2C[C@H]3CCCN3[C@]23C(=O)N(C)c2ccccc23)c1. The van der Waals surface area contributed by atoms with E-state index in [0.29, 0.717) is 17.7 Å². The monoisotopic (exact) mass is 403 g/mol. The molecule has 0 bridgehead atoms. The average molecular weight is 403 g/mol. The number of carbonyl (C=O) groups is 3. The third-order valence-corrected chi connectivity index (χ3v) is 7.00. The van der Waals surface area contributed by atoms with Gasteiger partial charge in [0, 0.05) is 35.6 Å². The summed E-state index contributed by atoms with van der Waals surface area (Å²) in [6, 6.07) is 15.0. The van der Waals surface area contributed by atoms with Crippen molar-refractivity contribution >= 4 is 29.0 Å². The number of carbonyl (C=O) groups excluding carboxylic acids is 3. The number of para-hydroxylation sites is 1. The molecule has 0 radical (unpaired) electrons. The minimum Gasteiger partial charge on any atom is -0.326 e. The molecular weight excluding hydrogens is 378 g/mol. The summed E-state index contributed by atoms with van der Waals surface area (Å²) in [4.78, 5) is 43.0. The zero-order chi connectivity index (χ0) is 21.0. The molecule has 3 heterocycles. The second kappa shape index (κ2) is 6.77. The quantitative estimate of drug-likeness (QED) is 0.799. The number of amides is 2. The summed E-state index contributed by atoms with van der Waals surface area (Å²) in [5.41, 5.74) is 2.00. The molecule has 0 aliphatic carbocycles. The lowest BCUT2D eigenvalue weighted by atomic mass is 9.78. The van der Waals surface area contributed by atoms with Crippen LogP contribution in [-0.2, 0) is 15.1 Å². The molecule has 3 aliphatic rings. The number of benzene rings is 2. The van der Waals surface area contributed by atoms with Crippen LogP contribution in [0.2, 0.25) is 0 Å². The molecule has 0 unspecified atom stereocenters. The van der Waals surface area contributed by atoms with Crippen LogP contribution in [0.5, 0.6) is 0 Å². The largest absolute Gasteiger partial charge is 0.326 e. The number of rotatable bonds is 3. The fourth-order valence-corrected chi connectivity index (χ4v) is 5.71. The fourth-order valence-electron chi connectivity index (χ4n) is 5.71. The van der Waals surface area contributed by atoms with Crippen molar-refractivity contribution in [2.75, 3.05) is 23.8 Å². The van der Waals surface area contributed by atoms with Gasteiger partial charge < -0.3 is 10.2 Å². The summed E-state index contributed by atoms with van der Waals surface area (Å²) in [6.07, 6.45) is 2.71. The summed E-state index contributed by atoms with van der Waals surface area (Å²) in [6.45, 7) is 2.33. The normalized spacial score (nSPS) is 27.4. The molecule has 6 heteroatoms. The van der Waals surface area contributed by atoms with Crippen molar-refractivity contribution in [1.29, 1.82) is 0 Å². The minimum absolute atomic E-state index is 0.0225. The van der Waals surface area contributed by atoms with Crippen molar-refractivity contribution in [3.05, 3.63) is 59.7 Å². The molecule has 30 heavy (non-hydrogen) atoms. The van der Waals surface area contributed by atoms with Crippen molar-refractivity contribution in [2.45, 2.75) is 37.8 Å². The van der Waals surface area contributed by atoms with Gasteiger partial charge in [-0.25, -0.2) is 0 Å². The maximum atomic E-state index is 13.7. The maximum absolute atomic E-state index is 13.7. The lowest BCUT2D eigenvalue weighted by Gasteiger charge is -2.37. The summed E-state index contributed by atoms with van der Waals surface area (Å²) in [5.74, 6) is -0.720. The molecule has 3 atom stereocenters. The van der Waals surface area contributed by atoms with E-state index in [1.807, 2.05) is 24.3 Å². The lowest BCUT2D eigenvalue weighted by molar-refractivity contribution is -0.136. The van der Waals surface area contributed by atoms with Gasteiger partial charge in [-0.05, 0) is 50.9 Å². The highest BCUT2D eigenvalue weighted by molar-refractivity contribution is 6.12. The molecule has 5 rings (SSSR count). The van der Waals surface area contributed by atoms with E-state index in [1.165, 1.54) is 6.92 Å². The Morgan fingerprint density at radius 1 is 1.13 bits per heavy atom. The second-order valence-electron chi connectivity index (χ2n) is 8.55. The van der Waals surface area contributed by atoms with Crippen LogP contribution in [0.15, 0.2) is 48.5 Å². The maximum Gasteiger partial charge on any atom is 0.252 e. The van der Waals surface area contributed by atoms with Gasteiger partial charge in [0.25, 0.3) is 5.91 Å². The molecule has 6 nitrogen and oxygen atoms in total. The Kier molecular flexibility index (Phi) is 4.29. The van der Waals surface area contributed by atoms with E-state index in [4.69, 9.17) is 0 Å². The van der Waals surface area contributed by atoms with E-state index < -0.39 is 11.5 Å². The van der Waals surface area contributed by atoms with Crippen LogP contribution >= 0.6 is 0 Å². The summed E-state index contributed by atoms with van der Waals surface area (Å²) < 4.78 is 0. The van der Waals surface area contributed by atoms with Gasteiger partial charge in [0.1, 0.15) is 5.54 Å². The van der Waals surface area contributed by atoms with Crippen molar-refractivity contribution in [3.8, 4) is 0 Å². The van der Waals surface area contributed by atoms with Crippen LogP contribution in [-0.4, -0.2) is 42.1 Å². The van der Waals surface area contributed by atoms with Crippen LogP contribution in [0.1, 0.15) is 42.1 Å². The van der Waals surface area contributed by atoms with Gasteiger partial charge in [-0.1, -0.05) is 30.3 Å². The van der Waals surface area contributed by atoms with Crippen molar-refractivity contribution in [3.63, 3.8) is 0 Å². The van der Waals surface area contributed by atoms with Crippen LogP contribution in [0.4, 0.5) is 11.4 Å². The van der Waals surface area contributed by atoms with Gasteiger partial charge in [0.05, 0.1) is 5.92 Å². The van der Waals surface area contributed by atoms with Crippen molar-refractivity contribution in [2.24, 2.45) is 5.92 Å². The van der Waals surface area contributed by atoms with Crippen molar-refractivity contribution in [1.82, 2.24) is 4.90 Å². The van der Waals surface area contributed by atoms with E-state index in [0.717, 1.165) is 30.6 Å². The molecule has 0 aromatic heterocycles. The van der Waals surface area contributed by atoms with Crippen LogP contribution in [0.3, 0.4) is 0 Å². The van der Waals surface area contributed by atoms with Crippen LogP contribution < -0.4 is 10.2 Å². The predicted molar refractivity (Wildman–Crippen MR) is 114 cm³/mol. The number of nitrogens with zero attached hydrogens (tertiary/aromatic N) is 2. The van der Waals surface area contributed by atoms with E-state index >= 15 is 0 Å². The van der Waals surface area contributed by atoms with Gasteiger partial charge in [-0.3, -0.25) is 19.3 Å². The number of ketones is 1. The standard InChI is InChI=1S/C24H25N3O3/c1-15(28)16-7-5-8-17(13-16)25-22(29)20-14-18-9-6-12-27(18)24(20)19-10-3-4-11-21(19)26(2)23(24)30/h3-5,7-8,10-11,13,18,20H,6,9,12,14H2,1-2H3,(H,25,29)/t18-,20+,24+/m1/s1. The van der Waals surface area contributed by atoms with Gasteiger partial charge in [-0.15, -0.1) is 0 Å². The van der Waals surface area contributed by atoms with E-state index in [2.05, 4.69) is 10.2 Å². The highest BCUT2D eigenvalue weighted by atomic mass is 16.2. The highest BCUT2D eigenvalue weighted by Crippen LogP contribution is 2.56. The van der Waals surface area contributed by atoms with Crippen LogP contribution in [0.25, 0.3) is 0 Å². The predicted octanol–water partition coefficient (Wildman–Crippen LogP) is 3.18. The zero-order valence-corrected chi connectivity index (χ0v) is 17.2. The molecular formula is C24H25N3O3. The third-order valence-electron chi connectivity index (χ3n) is 7.00. The molecule has 3 aliphatic heterocycles. The van der Waals surface area contributed by atoms with Gasteiger partial charge >= 0.3 is 0 Å². The Bertz CT molecular complexity index is 1070. The van der Waals surface area contributed by atoms with Gasteiger partial charge in [-0.2, -0.15) is 0 Å². The molecule has 2 aromatic rings. The van der Waals surface area contributed by atoms with E-state index in [9.17, 15) is 14.4 Å².